The maximum Gasteiger partial charge on any atom is 0.251 e. The van der Waals surface area contributed by atoms with E-state index in [1.807, 2.05) is 43.3 Å². The Kier molecular flexibility index (Phi) is 5.10. The van der Waals surface area contributed by atoms with Crippen LogP contribution < -0.4 is 5.32 Å². The van der Waals surface area contributed by atoms with E-state index in [-0.39, 0.29) is 5.91 Å². The Balaban J connectivity index is 1.68. The molecule has 0 bridgehead atoms. The molecule has 2 rings (SSSR count). The fourth-order valence-electron chi connectivity index (χ4n) is 1.73. The third kappa shape index (κ3) is 4.17. The van der Waals surface area contributed by atoms with Gasteiger partial charge in [-0.05, 0) is 30.7 Å². The van der Waals surface area contributed by atoms with Crippen molar-refractivity contribution < 1.29 is 9.21 Å². The molecule has 0 fully saturated rings. The summed E-state index contributed by atoms with van der Waals surface area (Å²) in [6.07, 6.45) is 1.68. The lowest BCUT2D eigenvalue weighted by Crippen LogP contribution is -2.26. The van der Waals surface area contributed by atoms with E-state index in [4.69, 9.17) is 4.42 Å². The van der Waals surface area contributed by atoms with Gasteiger partial charge >= 0.3 is 0 Å². The van der Waals surface area contributed by atoms with Gasteiger partial charge in [0.1, 0.15) is 5.76 Å². The van der Waals surface area contributed by atoms with Crippen LogP contribution in [-0.4, -0.2) is 18.2 Å². The van der Waals surface area contributed by atoms with E-state index in [1.165, 1.54) is 0 Å². The van der Waals surface area contributed by atoms with Crippen molar-refractivity contribution in [3.63, 3.8) is 0 Å². The topological polar surface area (TPSA) is 42.2 Å². The highest BCUT2D eigenvalue weighted by molar-refractivity contribution is 7.98. The highest BCUT2D eigenvalue weighted by Gasteiger charge is 2.06. The lowest BCUT2D eigenvalue weighted by molar-refractivity contribution is 0.0955. The molecule has 0 spiro atoms. The fraction of sp³-hybridized carbons (Fsp3) is 0.267. The zero-order valence-corrected chi connectivity index (χ0v) is 11.7. The number of nitrogens with one attached hydrogen (secondary N) is 1. The molecule has 0 atom stereocenters. The van der Waals surface area contributed by atoms with Gasteiger partial charge in [0.2, 0.25) is 0 Å². The van der Waals surface area contributed by atoms with Gasteiger partial charge in [0, 0.05) is 17.9 Å². The smallest absolute Gasteiger partial charge is 0.251 e. The molecule has 19 heavy (non-hydrogen) atoms. The quantitative estimate of drug-likeness (QED) is 0.823. The molecule has 0 saturated heterocycles. The van der Waals surface area contributed by atoms with Crippen LogP contribution >= 0.6 is 11.8 Å². The molecule has 1 heterocycles. The number of hydrogen-bond donors (Lipinski definition) is 1. The van der Waals surface area contributed by atoms with Gasteiger partial charge in [-0.1, -0.05) is 18.2 Å². The van der Waals surface area contributed by atoms with Crippen molar-refractivity contribution in [1.29, 1.82) is 0 Å². The molecular weight excluding hydrogens is 258 g/mol. The van der Waals surface area contributed by atoms with E-state index in [2.05, 4.69) is 5.32 Å². The first-order valence-corrected chi connectivity index (χ1v) is 7.37. The minimum atomic E-state index is -0.00306. The molecular formula is C15H17NO2S. The largest absolute Gasteiger partial charge is 0.468 e. The number of carbonyl (C=O) groups excluding carboxylic acids is 1. The third-order valence-corrected chi connectivity index (χ3v) is 3.73. The molecule has 1 aromatic heterocycles. The van der Waals surface area contributed by atoms with Gasteiger partial charge in [-0.25, -0.2) is 0 Å². The first-order valence-electron chi connectivity index (χ1n) is 6.21. The fourth-order valence-corrected chi connectivity index (χ4v) is 2.48. The van der Waals surface area contributed by atoms with Gasteiger partial charge in [0.25, 0.3) is 5.91 Å². The average Bonchev–Trinajstić information content (AvgIpc) is 2.92. The summed E-state index contributed by atoms with van der Waals surface area (Å²) in [5, 5.41) is 2.93. The number of carbonyl (C=O) groups is 1. The summed E-state index contributed by atoms with van der Waals surface area (Å²) in [4.78, 5) is 11.9. The van der Waals surface area contributed by atoms with Gasteiger partial charge in [0.05, 0.1) is 12.0 Å². The second-order valence-electron chi connectivity index (χ2n) is 4.20. The zero-order chi connectivity index (χ0) is 13.5. The van der Waals surface area contributed by atoms with Crippen LogP contribution in [0.2, 0.25) is 0 Å². The Hall–Kier alpha value is -1.68. The molecule has 2 aromatic rings. The lowest BCUT2D eigenvalue weighted by atomic mass is 10.1. The third-order valence-electron chi connectivity index (χ3n) is 2.75. The number of hydrogen-bond acceptors (Lipinski definition) is 3. The second kappa shape index (κ2) is 7.04. The molecule has 0 aliphatic heterocycles. The minimum Gasteiger partial charge on any atom is -0.468 e. The van der Waals surface area contributed by atoms with Crippen molar-refractivity contribution in [3.8, 4) is 0 Å². The lowest BCUT2D eigenvalue weighted by Gasteiger charge is -2.07. The van der Waals surface area contributed by atoms with Crippen molar-refractivity contribution in [2.24, 2.45) is 0 Å². The van der Waals surface area contributed by atoms with Crippen molar-refractivity contribution in [2.45, 2.75) is 12.7 Å². The van der Waals surface area contributed by atoms with Crippen LogP contribution in [-0.2, 0) is 5.75 Å². The van der Waals surface area contributed by atoms with E-state index >= 15 is 0 Å². The summed E-state index contributed by atoms with van der Waals surface area (Å²) in [5.74, 6) is 2.68. The van der Waals surface area contributed by atoms with Crippen LogP contribution in [0.3, 0.4) is 0 Å². The molecule has 1 N–H and O–H groups in total. The Morgan fingerprint density at radius 2 is 2.11 bits per heavy atom. The van der Waals surface area contributed by atoms with E-state index in [1.54, 1.807) is 18.0 Å². The standard InChI is InChI=1S/C15H17NO2S/c1-12-5-2-3-7-14(12)15(17)16-8-10-19-11-13-6-4-9-18-13/h2-7,9H,8,10-11H2,1H3,(H,16,17). The average molecular weight is 275 g/mol. The molecule has 0 unspecified atom stereocenters. The number of benzene rings is 1. The molecule has 1 aromatic carbocycles. The van der Waals surface area contributed by atoms with E-state index < -0.39 is 0 Å². The summed E-state index contributed by atoms with van der Waals surface area (Å²) in [6.45, 7) is 2.61. The Morgan fingerprint density at radius 3 is 2.84 bits per heavy atom. The Bertz CT molecular complexity index is 523. The van der Waals surface area contributed by atoms with Crippen molar-refractivity contribution in [2.75, 3.05) is 12.3 Å². The maximum absolute atomic E-state index is 11.9. The summed E-state index contributed by atoms with van der Waals surface area (Å²) in [7, 11) is 0. The van der Waals surface area contributed by atoms with Crippen LogP contribution in [0.15, 0.2) is 47.1 Å². The number of furan rings is 1. The normalized spacial score (nSPS) is 10.4. The van der Waals surface area contributed by atoms with Gasteiger partial charge in [-0.15, -0.1) is 0 Å². The number of amides is 1. The predicted molar refractivity (Wildman–Crippen MR) is 78.4 cm³/mol. The van der Waals surface area contributed by atoms with Crippen LogP contribution in [0.25, 0.3) is 0 Å². The number of thioether (sulfide) groups is 1. The zero-order valence-electron chi connectivity index (χ0n) is 10.9. The summed E-state index contributed by atoms with van der Waals surface area (Å²) in [6, 6.07) is 11.5. The van der Waals surface area contributed by atoms with Crippen molar-refractivity contribution in [1.82, 2.24) is 5.32 Å². The molecule has 1 amide bonds. The maximum atomic E-state index is 11.9. The van der Waals surface area contributed by atoms with Gasteiger partial charge in [0.15, 0.2) is 0 Å². The second-order valence-corrected chi connectivity index (χ2v) is 5.31. The van der Waals surface area contributed by atoms with Crippen LogP contribution in [0.1, 0.15) is 21.7 Å². The first-order chi connectivity index (χ1) is 9.27. The molecule has 0 radical (unpaired) electrons. The van der Waals surface area contributed by atoms with Gasteiger partial charge in [-0.2, -0.15) is 11.8 Å². The molecule has 0 aliphatic carbocycles. The Labute approximate surface area is 117 Å². The monoisotopic (exact) mass is 275 g/mol. The SMILES string of the molecule is Cc1ccccc1C(=O)NCCSCc1ccco1. The molecule has 0 saturated carbocycles. The Morgan fingerprint density at radius 1 is 1.26 bits per heavy atom. The van der Waals surface area contributed by atoms with Crippen LogP contribution in [0, 0.1) is 6.92 Å². The van der Waals surface area contributed by atoms with E-state index in [9.17, 15) is 4.79 Å². The van der Waals surface area contributed by atoms with Crippen LogP contribution in [0.4, 0.5) is 0 Å². The highest BCUT2D eigenvalue weighted by atomic mass is 32.2. The first kappa shape index (κ1) is 13.7. The molecule has 3 nitrogen and oxygen atoms in total. The summed E-state index contributed by atoms with van der Waals surface area (Å²) >= 11 is 1.74. The van der Waals surface area contributed by atoms with Gasteiger partial charge < -0.3 is 9.73 Å². The van der Waals surface area contributed by atoms with E-state index in [0.29, 0.717) is 6.54 Å². The summed E-state index contributed by atoms with van der Waals surface area (Å²) in [5.41, 5.74) is 1.75. The van der Waals surface area contributed by atoms with E-state index in [0.717, 1.165) is 28.4 Å². The minimum absolute atomic E-state index is 0.00306. The number of rotatable bonds is 6. The molecule has 4 heteroatoms. The summed E-state index contributed by atoms with van der Waals surface area (Å²) < 4.78 is 5.24. The molecule has 0 aliphatic rings. The predicted octanol–water partition coefficient (Wildman–Crippen LogP) is 3.25. The number of aryl methyl sites for hydroxylation is 1. The van der Waals surface area contributed by atoms with Crippen molar-refractivity contribution in [3.05, 3.63) is 59.5 Å². The highest BCUT2D eigenvalue weighted by Crippen LogP contribution is 2.11. The van der Waals surface area contributed by atoms with Crippen LogP contribution in [0.5, 0.6) is 0 Å². The molecule has 100 valence electrons. The van der Waals surface area contributed by atoms with Gasteiger partial charge in [-0.3, -0.25) is 4.79 Å². The van der Waals surface area contributed by atoms with Crippen molar-refractivity contribution >= 4 is 17.7 Å².